The largest absolute Gasteiger partial charge is 0.379 e. The van der Waals surface area contributed by atoms with E-state index in [-0.39, 0.29) is 16.3 Å². The third kappa shape index (κ3) is 3.77. The highest BCUT2D eigenvalue weighted by atomic mass is 32.2. The van der Waals surface area contributed by atoms with E-state index in [0.29, 0.717) is 21.3 Å². The van der Waals surface area contributed by atoms with E-state index in [1.165, 1.54) is 18.7 Å². The molecule has 1 radical (unpaired) electrons. The first-order chi connectivity index (χ1) is 13.6. The molecule has 3 rings (SSSR count). The van der Waals surface area contributed by atoms with E-state index < -0.39 is 34.5 Å². The summed E-state index contributed by atoms with van der Waals surface area (Å²) in [4.78, 5) is 24.7. The lowest BCUT2D eigenvalue weighted by molar-refractivity contribution is -0.121. The van der Waals surface area contributed by atoms with Crippen LogP contribution >= 0.6 is 0 Å². The quantitative estimate of drug-likeness (QED) is 0.622. The molecule has 3 heterocycles. The fourth-order valence-electron chi connectivity index (χ4n) is 3.04. The summed E-state index contributed by atoms with van der Waals surface area (Å²) < 4.78 is 26.2. The Hall–Kier alpha value is -3.46. The van der Waals surface area contributed by atoms with Gasteiger partial charge in [-0.25, -0.2) is 17.5 Å². The Bertz CT molecular complexity index is 1100. The molecule has 0 aliphatic carbocycles. The fraction of sp³-hybridized carbons (Fsp3) is 0.294. The number of fused-ring (bicyclic) bond motifs is 1. The Morgan fingerprint density at radius 1 is 1.38 bits per heavy atom. The molecule has 0 aromatic carbocycles. The van der Waals surface area contributed by atoms with E-state index >= 15 is 0 Å². The van der Waals surface area contributed by atoms with Gasteiger partial charge in [-0.05, 0) is 38.5 Å². The van der Waals surface area contributed by atoms with Crippen LogP contribution in [-0.4, -0.2) is 41.4 Å². The number of aromatic nitrogens is 2. The third-order valence-electron chi connectivity index (χ3n) is 4.36. The smallest absolute Gasteiger partial charge is 0.336 e. The fourth-order valence-corrected chi connectivity index (χ4v) is 4.66. The third-order valence-corrected chi connectivity index (χ3v) is 6.28. The van der Waals surface area contributed by atoms with Crippen molar-refractivity contribution in [3.05, 3.63) is 51.9 Å². The number of amides is 3. The first kappa shape index (κ1) is 20.3. The van der Waals surface area contributed by atoms with E-state index in [1.807, 2.05) is 6.07 Å². The number of hydrogen-bond acceptors (Lipinski definition) is 8. The number of hydrogen-bond donors (Lipinski definition) is 3. The Kier molecular flexibility index (Phi) is 5.25. The molecule has 1 aromatic heterocycles. The molecule has 11 nitrogen and oxygen atoms in total. The number of nitrogens with zero attached hydrogens (tertiary/aromatic N) is 4. The SMILES string of the molecule is CC1=C2C(=C[CH]N1)NC(=O)N(CC(=O)N[C@@H](C)c1nnc(C#N)cc1C)S2(=O)=O. The van der Waals surface area contributed by atoms with Crippen LogP contribution in [0.4, 0.5) is 4.79 Å². The second kappa shape index (κ2) is 7.51. The molecular weight excluding hydrogens is 398 g/mol. The van der Waals surface area contributed by atoms with Gasteiger partial charge in [0, 0.05) is 5.70 Å². The van der Waals surface area contributed by atoms with E-state index in [1.54, 1.807) is 20.8 Å². The van der Waals surface area contributed by atoms with Gasteiger partial charge in [0.15, 0.2) is 5.69 Å². The molecule has 1 fully saturated rings. The van der Waals surface area contributed by atoms with Crippen LogP contribution in [0.3, 0.4) is 0 Å². The van der Waals surface area contributed by atoms with Gasteiger partial charge in [-0.2, -0.15) is 10.4 Å². The summed E-state index contributed by atoms with van der Waals surface area (Å²) in [6.07, 6.45) is 1.43. The highest BCUT2D eigenvalue weighted by molar-refractivity contribution is 7.94. The average Bonchev–Trinajstić information content (AvgIpc) is 2.64. The summed E-state index contributed by atoms with van der Waals surface area (Å²) in [6, 6.07) is 1.88. The molecule has 29 heavy (non-hydrogen) atoms. The monoisotopic (exact) mass is 416 g/mol. The van der Waals surface area contributed by atoms with E-state index in [2.05, 4.69) is 26.1 Å². The molecule has 0 spiro atoms. The van der Waals surface area contributed by atoms with Gasteiger partial charge in [0.05, 0.1) is 24.0 Å². The van der Waals surface area contributed by atoms with Crippen molar-refractivity contribution in [2.45, 2.75) is 26.8 Å². The van der Waals surface area contributed by atoms with Gasteiger partial charge in [-0.1, -0.05) is 0 Å². The van der Waals surface area contributed by atoms with Crippen molar-refractivity contribution in [1.82, 2.24) is 30.5 Å². The zero-order valence-electron chi connectivity index (χ0n) is 15.8. The van der Waals surface area contributed by atoms with Crippen LogP contribution in [0.15, 0.2) is 28.4 Å². The Labute approximate surface area is 167 Å². The van der Waals surface area contributed by atoms with Gasteiger partial charge in [0.1, 0.15) is 17.5 Å². The van der Waals surface area contributed by atoms with Crippen molar-refractivity contribution in [2.24, 2.45) is 0 Å². The molecule has 2 aliphatic heterocycles. The Balaban J connectivity index is 1.77. The van der Waals surface area contributed by atoms with Gasteiger partial charge in [0.2, 0.25) is 5.91 Å². The standard InChI is InChI=1S/C17H18N7O4S/c1-9-6-12(7-18)22-23-15(9)10(2)20-14(25)8-24-17(26)21-13-4-5-19-11(3)16(13)29(24,27)28/h4-6,10,19H,8H2,1-3H3,(H,20,25)(H,21,26)/t10-/m0/s1. The maximum atomic E-state index is 12.9. The molecule has 3 N–H and O–H groups in total. The maximum absolute atomic E-state index is 12.9. The van der Waals surface area contributed by atoms with E-state index in [0.717, 1.165) is 0 Å². The van der Waals surface area contributed by atoms with Gasteiger partial charge in [0.25, 0.3) is 10.0 Å². The molecule has 0 bridgehead atoms. The summed E-state index contributed by atoms with van der Waals surface area (Å²) in [5.74, 6) is -0.692. The minimum absolute atomic E-state index is 0.0887. The van der Waals surface area contributed by atoms with Crippen molar-refractivity contribution >= 4 is 22.0 Å². The van der Waals surface area contributed by atoms with Crippen molar-refractivity contribution in [3.63, 3.8) is 0 Å². The Morgan fingerprint density at radius 3 is 2.76 bits per heavy atom. The van der Waals surface area contributed by atoms with Crippen LogP contribution in [-0.2, 0) is 14.8 Å². The maximum Gasteiger partial charge on any atom is 0.336 e. The predicted molar refractivity (Wildman–Crippen MR) is 100 cm³/mol. The molecule has 1 aromatic rings. The summed E-state index contributed by atoms with van der Waals surface area (Å²) in [5.41, 5.74) is 1.71. The van der Waals surface area contributed by atoms with Crippen LogP contribution in [0.5, 0.6) is 0 Å². The van der Waals surface area contributed by atoms with E-state index in [9.17, 15) is 18.0 Å². The van der Waals surface area contributed by atoms with Crippen molar-refractivity contribution in [1.29, 1.82) is 5.26 Å². The van der Waals surface area contributed by atoms with Gasteiger partial charge >= 0.3 is 6.03 Å². The first-order valence-corrected chi connectivity index (χ1v) is 9.98. The second-order valence-electron chi connectivity index (χ2n) is 6.49. The van der Waals surface area contributed by atoms with Crippen molar-refractivity contribution in [3.8, 4) is 6.07 Å². The number of carbonyl (C=O) groups is 2. The molecule has 0 saturated carbocycles. The molecule has 12 heteroatoms. The summed E-state index contributed by atoms with van der Waals surface area (Å²) in [7, 11) is -4.21. The lowest BCUT2D eigenvalue weighted by Crippen LogP contribution is -2.54. The highest BCUT2D eigenvalue weighted by Gasteiger charge is 2.42. The van der Waals surface area contributed by atoms with Crippen molar-refractivity contribution < 1.29 is 18.0 Å². The number of urea groups is 1. The molecule has 151 valence electrons. The van der Waals surface area contributed by atoms with Crippen LogP contribution < -0.4 is 16.0 Å². The molecule has 0 unspecified atom stereocenters. The van der Waals surface area contributed by atoms with Gasteiger partial charge in [-0.3, -0.25) is 4.79 Å². The lowest BCUT2D eigenvalue weighted by atomic mass is 10.1. The van der Waals surface area contributed by atoms with Gasteiger partial charge in [-0.15, -0.1) is 5.10 Å². The van der Waals surface area contributed by atoms with E-state index in [4.69, 9.17) is 5.26 Å². The predicted octanol–water partition coefficient (Wildman–Crippen LogP) is 0.0693. The molecule has 2 aliphatic rings. The number of allylic oxidation sites excluding steroid dienone is 1. The average molecular weight is 416 g/mol. The normalized spacial score (nSPS) is 18.6. The topological polar surface area (TPSA) is 157 Å². The molecule has 3 amide bonds. The summed E-state index contributed by atoms with van der Waals surface area (Å²) in [5, 5.41) is 24.4. The number of nitriles is 1. The molecule has 1 atom stereocenters. The minimum atomic E-state index is -4.21. The summed E-state index contributed by atoms with van der Waals surface area (Å²) >= 11 is 0. The van der Waals surface area contributed by atoms with Crippen molar-refractivity contribution in [2.75, 3.05) is 6.54 Å². The number of aryl methyl sites for hydroxylation is 1. The number of rotatable bonds is 4. The number of sulfonamides is 1. The second-order valence-corrected chi connectivity index (χ2v) is 8.29. The van der Waals surface area contributed by atoms with Crippen LogP contribution in [0.25, 0.3) is 0 Å². The lowest BCUT2D eigenvalue weighted by Gasteiger charge is -2.33. The zero-order valence-corrected chi connectivity index (χ0v) is 16.7. The molecular formula is C17H18N7O4S. The molecule has 1 saturated heterocycles. The Morgan fingerprint density at radius 2 is 2.10 bits per heavy atom. The summed E-state index contributed by atoms with van der Waals surface area (Å²) in [6.45, 7) is 5.72. The van der Waals surface area contributed by atoms with Crippen LogP contribution in [0.1, 0.15) is 36.8 Å². The van der Waals surface area contributed by atoms with Crippen LogP contribution in [0.2, 0.25) is 0 Å². The highest BCUT2D eigenvalue weighted by Crippen LogP contribution is 2.29. The minimum Gasteiger partial charge on any atom is -0.379 e. The first-order valence-electron chi connectivity index (χ1n) is 8.54. The number of nitrogens with one attached hydrogen (secondary N) is 3. The zero-order chi connectivity index (χ0) is 21.3. The number of dihydropyridines is 1. The number of carbonyl (C=O) groups excluding carboxylic acids is 2. The van der Waals surface area contributed by atoms with Gasteiger partial charge < -0.3 is 16.0 Å². The van der Waals surface area contributed by atoms with Crippen LogP contribution in [0, 0.1) is 24.8 Å².